The van der Waals surface area contributed by atoms with E-state index in [4.69, 9.17) is 5.11 Å². The van der Waals surface area contributed by atoms with E-state index < -0.39 is 0 Å². The van der Waals surface area contributed by atoms with Crippen LogP contribution in [0.15, 0.2) is 12.1 Å². The van der Waals surface area contributed by atoms with Crippen LogP contribution in [0.2, 0.25) is 0 Å². The first kappa shape index (κ1) is 12.7. The zero-order valence-corrected chi connectivity index (χ0v) is 10.6. The van der Waals surface area contributed by atoms with Crippen LogP contribution in [0.3, 0.4) is 0 Å². The number of thiophene rings is 1. The topological polar surface area (TPSA) is 32.3 Å². The maximum Gasteiger partial charge on any atom is 0.0445 e. The molecule has 0 aliphatic heterocycles. The fraction of sp³-hybridized carbons (Fsp3) is 0.667. The molecule has 0 aliphatic carbocycles. The van der Waals surface area contributed by atoms with Crippen molar-refractivity contribution in [1.29, 1.82) is 0 Å². The molecule has 0 aromatic carbocycles. The molecule has 0 saturated heterocycles. The number of rotatable bonds is 6. The van der Waals surface area contributed by atoms with Gasteiger partial charge < -0.3 is 10.4 Å². The van der Waals surface area contributed by atoms with E-state index in [9.17, 15) is 0 Å². The molecule has 15 heavy (non-hydrogen) atoms. The van der Waals surface area contributed by atoms with Crippen LogP contribution in [0.4, 0.5) is 0 Å². The van der Waals surface area contributed by atoms with Crippen LogP contribution in [0.5, 0.6) is 0 Å². The normalized spacial score (nSPS) is 15.2. The second kappa shape index (κ2) is 6.26. The monoisotopic (exact) mass is 227 g/mol. The Balaban J connectivity index is 2.49. The predicted octanol–water partition coefficient (Wildman–Crippen LogP) is 2.73. The largest absolute Gasteiger partial charge is 0.396 e. The molecule has 2 N–H and O–H groups in total. The summed E-state index contributed by atoms with van der Waals surface area (Å²) in [6.45, 7) is 6.73. The van der Waals surface area contributed by atoms with Gasteiger partial charge in [0.2, 0.25) is 0 Å². The molecule has 0 bridgehead atoms. The molecule has 3 heteroatoms. The van der Waals surface area contributed by atoms with Crippen LogP contribution in [-0.2, 0) is 6.42 Å². The maximum atomic E-state index is 8.82. The lowest BCUT2D eigenvalue weighted by atomic mass is 10.2. The van der Waals surface area contributed by atoms with Crippen molar-refractivity contribution in [1.82, 2.24) is 5.32 Å². The molecule has 0 amide bonds. The fourth-order valence-corrected chi connectivity index (χ4v) is 2.57. The molecule has 1 aromatic rings. The quantitative estimate of drug-likeness (QED) is 0.783. The SMILES string of the molecule is CCc1ccc(C(C)NC(C)CCO)s1. The lowest BCUT2D eigenvalue weighted by Gasteiger charge is -2.18. The highest BCUT2D eigenvalue weighted by atomic mass is 32.1. The Kier molecular flexibility index (Phi) is 5.29. The molecule has 2 nitrogen and oxygen atoms in total. The van der Waals surface area contributed by atoms with Crippen LogP contribution in [-0.4, -0.2) is 17.8 Å². The molecule has 1 aromatic heterocycles. The van der Waals surface area contributed by atoms with Gasteiger partial charge in [-0.15, -0.1) is 11.3 Å². The van der Waals surface area contributed by atoms with Crippen molar-refractivity contribution in [3.05, 3.63) is 21.9 Å². The van der Waals surface area contributed by atoms with E-state index in [0.717, 1.165) is 12.8 Å². The van der Waals surface area contributed by atoms with Crippen LogP contribution >= 0.6 is 11.3 Å². The third-order valence-corrected chi connectivity index (χ3v) is 3.97. The van der Waals surface area contributed by atoms with E-state index in [1.54, 1.807) is 0 Å². The van der Waals surface area contributed by atoms with Crippen LogP contribution < -0.4 is 5.32 Å². The van der Waals surface area contributed by atoms with Gasteiger partial charge in [-0.2, -0.15) is 0 Å². The van der Waals surface area contributed by atoms with E-state index in [1.165, 1.54) is 9.75 Å². The minimum absolute atomic E-state index is 0.255. The van der Waals surface area contributed by atoms with Gasteiger partial charge in [0, 0.05) is 28.4 Å². The first-order valence-electron chi connectivity index (χ1n) is 5.62. The Morgan fingerprint density at radius 1 is 1.40 bits per heavy atom. The molecule has 2 atom stereocenters. The van der Waals surface area contributed by atoms with E-state index in [2.05, 4.69) is 38.2 Å². The molecule has 86 valence electrons. The molecule has 0 radical (unpaired) electrons. The predicted molar refractivity (Wildman–Crippen MR) is 66.4 cm³/mol. The van der Waals surface area contributed by atoms with Crippen molar-refractivity contribution in [2.24, 2.45) is 0 Å². The van der Waals surface area contributed by atoms with Crippen molar-refractivity contribution in [3.8, 4) is 0 Å². The molecule has 0 spiro atoms. The van der Waals surface area contributed by atoms with Gasteiger partial charge in [0.15, 0.2) is 0 Å². The Morgan fingerprint density at radius 2 is 2.13 bits per heavy atom. The van der Waals surface area contributed by atoms with Crippen LogP contribution in [0, 0.1) is 0 Å². The second-order valence-corrected chi connectivity index (χ2v) is 5.16. The summed E-state index contributed by atoms with van der Waals surface area (Å²) in [4.78, 5) is 2.82. The Bertz CT molecular complexity index is 285. The van der Waals surface area contributed by atoms with Crippen molar-refractivity contribution < 1.29 is 5.11 Å². The summed E-state index contributed by atoms with van der Waals surface area (Å²) in [5, 5.41) is 12.3. The summed E-state index contributed by atoms with van der Waals surface area (Å²) in [5.74, 6) is 0. The molecule has 2 unspecified atom stereocenters. The van der Waals surface area contributed by atoms with E-state index in [1.807, 2.05) is 11.3 Å². The number of aryl methyl sites for hydroxylation is 1. The summed E-state index contributed by atoms with van der Waals surface area (Å²) in [6, 6.07) is 5.16. The summed E-state index contributed by atoms with van der Waals surface area (Å²) < 4.78 is 0. The van der Waals surface area contributed by atoms with Gasteiger partial charge in [0.25, 0.3) is 0 Å². The van der Waals surface area contributed by atoms with Gasteiger partial charge in [0.05, 0.1) is 0 Å². The third kappa shape index (κ3) is 3.93. The molecule has 0 aliphatic rings. The minimum atomic E-state index is 0.255. The van der Waals surface area contributed by atoms with Crippen molar-refractivity contribution in [2.75, 3.05) is 6.61 Å². The summed E-state index contributed by atoms with van der Waals surface area (Å²) in [7, 11) is 0. The Labute approximate surface area is 96.3 Å². The Hall–Kier alpha value is -0.380. The number of aliphatic hydroxyl groups is 1. The molecule has 1 heterocycles. The van der Waals surface area contributed by atoms with Gasteiger partial charge >= 0.3 is 0 Å². The van der Waals surface area contributed by atoms with Crippen molar-refractivity contribution in [3.63, 3.8) is 0 Å². The highest BCUT2D eigenvalue weighted by Crippen LogP contribution is 2.23. The number of hydrogen-bond donors (Lipinski definition) is 2. The van der Waals surface area contributed by atoms with Crippen LogP contribution in [0.25, 0.3) is 0 Å². The first-order valence-corrected chi connectivity index (χ1v) is 6.44. The molecular formula is C12H21NOS. The number of hydrogen-bond acceptors (Lipinski definition) is 3. The zero-order chi connectivity index (χ0) is 11.3. The molecule has 0 fully saturated rings. The van der Waals surface area contributed by atoms with Gasteiger partial charge in [-0.3, -0.25) is 0 Å². The van der Waals surface area contributed by atoms with Gasteiger partial charge in [-0.05, 0) is 38.8 Å². The lowest BCUT2D eigenvalue weighted by Crippen LogP contribution is -2.29. The zero-order valence-electron chi connectivity index (χ0n) is 9.79. The van der Waals surface area contributed by atoms with Crippen molar-refractivity contribution in [2.45, 2.75) is 45.7 Å². The smallest absolute Gasteiger partial charge is 0.0445 e. The third-order valence-electron chi connectivity index (χ3n) is 2.55. The second-order valence-electron chi connectivity index (χ2n) is 3.96. The summed E-state index contributed by atoms with van der Waals surface area (Å²) >= 11 is 1.88. The summed E-state index contributed by atoms with van der Waals surface area (Å²) in [6.07, 6.45) is 1.93. The molecule has 1 rings (SSSR count). The maximum absolute atomic E-state index is 8.82. The van der Waals surface area contributed by atoms with E-state index in [-0.39, 0.29) is 6.61 Å². The van der Waals surface area contributed by atoms with Crippen LogP contribution in [0.1, 0.15) is 43.0 Å². The van der Waals surface area contributed by atoms with Gasteiger partial charge in [-0.1, -0.05) is 6.92 Å². The molecular weight excluding hydrogens is 206 g/mol. The minimum Gasteiger partial charge on any atom is -0.396 e. The first-order chi connectivity index (χ1) is 7.17. The highest BCUT2D eigenvalue weighted by Gasteiger charge is 2.10. The van der Waals surface area contributed by atoms with Gasteiger partial charge in [0.1, 0.15) is 0 Å². The highest BCUT2D eigenvalue weighted by molar-refractivity contribution is 7.12. The fourth-order valence-electron chi connectivity index (χ4n) is 1.60. The van der Waals surface area contributed by atoms with E-state index in [0.29, 0.717) is 12.1 Å². The molecule has 0 saturated carbocycles. The van der Waals surface area contributed by atoms with Gasteiger partial charge in [-0.25, -0.2) is 0 Å². The average molecular weight is 227 g/mol. The standard InChI is InChI=1S/C12H21NOS/c1-4-11-5-6-12(15-11)10(3)13-9(2)7-8-14/h5-6,9-10,13-14H,4,7-8H2,1-3H3. The number of nitrogens with one attached hydrogen (secondary N) is 1. The average Bonchev–Trinajstić information content (AvgIpc) is 2.66. The van der Waals surface area contributed by atoms with E-state index >= 15 is 0 Å². The number of aliphatic hydroxyl groups excluding tert-OH is 1. The Morgan fingerprint density at radius 3 is 2.67 bits per heavy atom. The van der Waals surface area contributed by atoms with Crippen molar-refractivity contribution >= 4 is 11.3 Å². The lowest BCUT2D eigenvalue weighted by molar-refractivity contribution is 0.265. The summed E-state index contributed by atoms with van der Waals surface area (Å²) in [5.41, 5.74) is 0.